The van der Waals surface area contributed by atoms with E-state index in [2.05, 4.69) is 4.74 Å². The maximum atomic E-state index is 13.2. The molecule has 3 rings (SSSR count). The highest BCUT2D eigenvalue weighted by Gasteiger charge is 2.29. The van der Waals surface area contributed by atoms with Crippen molar-refractivity contribution in [3.63, 3.8) is 0 Å². The van der Waals surface area contributed by atoms with Crippen molar-refractivity contribution in [1.29, 1.82) is 0 Å². The van der Waals surface area contributed by atoms with Crippen LogP contribution in [0.4, 0.5) is 4.39 Å². The molecular weight excluding hydrogens is 369 g/mol. The summed E-state index contributed by atoms with van der Waals surface area (Å²) in [5.74, 6) is -0.787. The van der Waals surface area contributed by atoms with Gasteiger partial charge in [-0.1, -0.05) is 18.6 Å². The molecule has 1 unspecified atom stereocenters. The average Bonchev–Trinajstić information content (AvgIpc) is 2.95. The highest BCUT2D eigenvalue weighted by Crippen LogP contribution is 2.30. The fraction of sp³-hybridized carbons (Fsp3) is 0.350. The molecule has 1 atom stereocenters. The van der Waals surface area contributed by atoms with Gasteiger partial charge < -0.3 is 4.74 Å². The molecule has 7 heteroatoms. The van der Waals surface area contributed by atoms with Crippen molar-refractivity contribution < 1.29 is 22.3 Å². The van der Waals surface area contributed by atoms with Gasteiger partial charge in [-0.3, -0.25) is 0 Å². The lowest BCUT2D eigenvalue weighted by Crippen LogP contribution is -2.34. The molecule has 0 saturated carbocycles. The zero-order chi connectivity index (χ0) is 19.4. The zero-order valence-corrected chi connectivity index (χ0v) is 15.9. The number of rotatable bonds is 4. The lowest BCUT2D eigenvalue weighted by molar-refractivity contribution is 0.0600. The van der Waals surface area contributed by atoms with Gasteiger partial charge in [-0.25, -0.2) is 17.6 Å². The van der Waals surface area contributed by atoms with Gasteiger partial charge in [0.05, 0.1) is 17.6 Å². The number of methoxy groups -OCH3 is 1. The van der Waals surface area contributed by atoms with Crippen molar-refractivity contribution >= 4 is 16.0 Å². The lowest BCUT2D eigenvalue weighted by Gasteiger charge is -2.24. The van der Waals surface area contributed by atoms with Crippen molar-refractivity contribution in [2.75, 3.05) is 20.2 Å². The Hall–Kier alpha value is -2.25. The molecule has 5 nitrogen and oxygen atoms in total. The molecular formula is C20H22FNO4S. The Kier molecular flexibility index (Phi) is 5.92. The summed E-state index contributed by atoms with van der Waals surface area (Å²) in [6, 6.07) is 12.0. The van der Waals surface area contributed by atoms with Crippen molar-refractivity contribution in [2.45, 2.75) is 30.1 Å². The molecule has 0 bridgehead atoms. The van der Waals surface area contributed by atoms with E-state index in [0.29, 0.717) is 18.7 Å². The summed E-state index contributed by atoms with van der Waals surface area (Å²) in [5, 5.41) is 0. The van der Waals surface area contributed by atoms with Crippen LogP contribution in [-0.2, 0) is 14.8 Å². The van der Waals surface area contributed by atoms with E-state index < -0.39 is 16.0 Å². The van der Waals surface area contributed by atoms with Crippen LogP contribution in [0.15, 0.2) is 53.4 Å². The molecule has 0 amide bonds. The molecule has 144 valence electrons. The Labute approximate surface area is 158 Å². The molecule has 1 fully saturated rings. The number of halogens is 1. The Morgan fingerprint density at radius 3 is 2.37 bits per heavy atom. The van der Waals surface area contributed by atoms with Gasteiger partial charge >= 0.3 is 5.97 Å². The molecule has 1 aliphatic rings. The standard InChI is InChI=1S/C20H22FNO4S/c1-26-20(23)16-7-11-19(12-8-16)27(24,25)22-13-3-2-4-17(14-22)15-5-9-18(21)10-6-15/h5-12,17H,2-4,13-14H2,1H3. The Bertz CT molecular complexity index is 895. The topological polar surface area (TPSA) is 63.7 Å². The summed E-state index contributed by atoms with van der Waals surface area (Å²) in [5.41, 5.74) is 1.25. The number of esters is 1. The first-order valence-corrected chi connectivity index (χ1v) is 10.3. The van der Waals surface area contributed by atoms with Gasteiger partial charge in [0.25, 0.3) is 0 Å². The number of sulfonamides is 1. The molecule has 1 aliphatic heterocycles. The van der Waals surface area contributed by atoms with Gasteiger partial charge in [-0.15, -0.1) is 0 Å². The van der Waals surface area contributed by atoms with Crippen LogP contribution >= 0.6 is 0 Å². The van der Waals surface area contributed by atoms with Crippen molar-refractivity contribution in [3.8, 4) is 0 Å². The average molecular weight is 391 g/mol. The molecule has 0 spiro atoms. The Balaban J connectivity index is 1.84. The van der Waals surface area contributed by atoms with E-state index in [1.54, 1.807) is 12.1 Å². The zero-order valence-electron chi connectivity index (χ0n) is 15.1. The number of carbonyl (C=O) groups is 1. The van der Waals surface area contributed by atoms with E-state index in [1.807, 2.05) is 0 Å². The minimum atomic E-state index is -3.68. The fourth-order valence-corrected chi connectivity index (χ4v) is 4.89. The molecule has 2 aromatic carbocycles. The number of hydrogen-bond donors (Lipinski definition) is 0. The quantitative estimate of drug-likeness (QED) is 0.748. The van der Waals surface area contributed by atoms with Gasteiger partial charge in [0, 0.05) is 13.1 Å². The van der Waals surface area contributed by atoms with E-state index in [0.717, 1.165) is 24.8 Å². The van der Waals surface area contributed by atoms with Gasteiger partial charge in [0.2, 0.25) is 10.0 Å². The molecule has 27 heavy (non-hydrogen) atoms. The molecule has 0 aromatic heterocycles. The number of nitrogens with zero attached hydrogens (tertiary/aromatic N) is 1. The van der Waals surface area contributed by atoms with Crippen molar-refractivity contribution in [2.24, 2.45) is 0 Å². The normalized spacial score (nSPS) is 18.7. The van der Waals surface area contributed by atoms with Crippen LogP contribution in [0.5, 0.6) is 0 Å². The Morgan fingerprint density at radius 2 is 1.74 bits per heavy atom. The predicted octanol–water partition coefficient (Wildman–Crippen LogP) is 3.57. The highest BCUT2D eigenvalue weighted by atomic mass is 32.2. The number of carbonyl (C=O) groups excluding carboxylic acids is 1. The number of benzene rings is 2. The second-order valence-corrected chi connectivity index (χ2v) is 8.56. The van der Waals surface area contributed by atoms with Gasteiger partial charge in [-0.2, -0.15) is 4.31 Å². The molecule has 1 saturated heterocycles. The predicted molar refractivity (Wildman–Crippen MR) is 99.5 cm³/mol. The summed E-state index contributed by atoms with van der Waals surface area (Å²) in [6.07, 6.45) is 2.55. The lowest BCUT2D eigenvalue weighted by atomic mass is 9.95. The van der Waals surface area contributed by atoms with E-state index in [-0.39, 0.29) is 16.6 Å². The summed E-state index contributed by atoms with van der Waals surface area (Å²) in [4.78, 5) is 11.7. The second kappa shape index (κ2) is 8.19. The minimum absolute atomic E-state index is 0.0252. The monoisotopic (exact) mass is 391 g/mol. The first kappa shape index (κ1) is 19.5. The van der Waals surface area contributed by atoms with Crippen LogP contribution < -0.4 is 0 Å². The molecule has 0 aliphatic carbocycles. The fourth-order valence-electron chi connectivity index (χ4n) is 3.36. The third kappa shape index (κ3) is 4.36. The molecule has 0 radical (unpaired) electrons. The summed E-state index contributed by atoms with van der Waals surface area (Å²) < 4.78 is 45.5. The van der Waals surface area contributed by atoms with Gasteiger partial charge in [0.15, 0.2) is 0 Å². The van der Waals surface area contributed by atoms with Crippen molar-refractivity contribution in [3.05, 3.63) is 65.5 Å². The highest BCUT2D eigenvalue weighted by molar-refractivity contribution is 7.89. The number of ether oxygens (including phenoxy) is 1. The van der Waals surface area contributed by atoms with Crippen LogP contribution in [0.2, 0.25) is 0 Å². The smallest absolute Gasteiger partial charge is 0.337 e. The van der Waals surface area contributed by atoms with Crippen LogP contribution in [0, 0.1) is 5.82 Å². The molecule has 0 N–H and O–H groups in total. The third-order valence-corrected chi connectivity index (χ3v) is 6.77. The van der Waals surface area contributed by atoms with Crippen LogP contribution in [-0.4, -0.2) is 38.9 Å². The van der Waals surface area contributed by atoms with Gasteiger partial charge in [0.1, 0.15) is 5.82 Å². The maximum Gasteiger partial charge on any atom is 0.337 e. The van der Waals surface area contributed by atoms with Crippen molar-refractivity contribution in [1.82, 2.24) is 4.31 Å². The number of hydrogen-bond acceptors (Lipinski definition) is 4. The van der Waals surface area contributed by atoms with Crippen LogP contribution in [0.1, 0.15) is 41.1 Å². The summed E-state index contributed by atoms with van der Waals surface area (Å²) in [6.45, 7) is 0.797. The summed E-state index contributed by atoms with van der Waals surface area (Å²) >= 11 is 0. The Morgan fingerprint density at radius 1 is 1.07 bits per heavy atom. The van der Waals surface area contributed by atoms with Crippen LogP contribution in [0.25, 0.3) is 0 Å². The maximum absolute atomic E-state index is 13.2. The van der Waals surface area contributed by atoms with E-state index in [4.69, 9.17) is 0 Å². The molecule has 1 heterocycles. The van der Waals surface area contributed by atoms with Gasteiger partial charge in [-0.05, 0) is 60.7 Å². The van der Waals surface area contributed by atoms with E-state index in [9.17, 15) is 17.6 Å². The van der Waals surface area contributed by atoms with E-state index >= 15 is 0 Å². The molecule has 2 aromatic rings. The third-order valence-electron chi connectivity index (χ3n) is 4.89. The summed E-state index contributed by atoms with van der Waals surface area (Å²) in [7, 11) is -2.40. The second-order valence-electron chi connectivity index (χ2n) is 6.62. The SMILES string of the molecule is COC(=O)c1ccc(S(=O)(=O)N2CCCCC(c3ccc(F)cc3)C2)cc1. The largest absolute Gasteiger partial charge is 0.465 e. The first-order chi connectivity index (χ1) is 12.9. The van der Waals surface area contributed by atoms with Crippen LogP contribution in [0.3, 0.4) is 0 Å². The van der Waals surface area contributed by atoms with E-state index in [1.165, 1.54) is 47.8 Å². The first-order valence-electron chi connectivity index (χ1n) is 8.86. The minimum Gasteiger partial charge on any atom is -0.465 e.